The van der Waals surface area contributed by atoms with Crippen molar-refractivity contribution in [2.75, 3.05) is 26.5 Å². The third-order valence-corrected chi connectivity index (χ3v) is 4.24. The first-order valence-corrected chi connectivity index (χ1v) is 8.05. The lowest BCUT2D eigenvalue weighted by Gasteiger charge is -2.05. The van der Waals surface area contributed by atoms with Crippen molar-refractivity contribution in [3.8, 4) is 5.75 Å². The van der Waals surface area contributed by atoms with Gasteiger partial charge in [0.2, 0.25) is 15.9 Å². The topological polar surface area (TPSA) is 84.5 Å². The van der Waals surface area contributed by atoms with E-state index in [-0.39, 0.29) is 18.2 Å². The fraction of sp³-hybridized carbons (Fsp3) is 0.357. The maximum Gasteiger partial charge on any atom is 0.244 e. The molecule has 0 radical (unpaired) electrons. The molecule has 1 amide bonds. The predicted octanol–water partition coefficient (Wildman–Crippen LogP) is 0.764. The van der Waals surface area contributed by atoms with E-state index in [1.54, 1.807) is 7.11 Å². The van der Waals surface area contributed by atoms with Crippen molar-refractivity contribution >= 4 is 21.5 Å². The number of rotatable bonds is 7. The first-order chi connectivity index (χ1) is 9.88. The Balaban J connectivity index is 2.58. The molecule has 0 aliphatic carbocycles. The quantitative estimate of drug-likeness (QED) is 0.728. The molecule has 21 heavy (non-hydrogen) atoms. The maximum atomic E-state index is 11.7. The summed E-state index contributed by atoms with van der Waals surface area (Å²) in [5.74, 6) is 0.271. The van der Waals surface area contributed by atoms with Crippen LogP contribution in [0.5, 0.6) is 5.75 Å². The van der Waals surface area contributed by atoms with E-state index in [2.05, 4.69) is 10.0 Å². The first-order valence-electron chi connectivity index (χ1n) is 6.39. The van der Waals surface area contributed by atoms with E-state index < -0.39 is 10.0 Å². The van der Waals surface area contributed by atoms with Crippen LogP contribution in [0.3, 0.4) is 0 Å². The van der Waals surface area contributed by atoms with Crippen LogP contribution in [-0.4, -0.2) is 40.8 Å². The second kappa shape index (κ2) is 7.80. The number of hydrogen-bond donors (Lipinski definition) is 2. The minimum absolute atomic E-state index is 0.0639. The lowest BCUT2D eigenvalue weighted by Crippen LogP contribution is -2.32. The largest absolute Gasteiger partial charge is 0.497 e. The van der Waals surface area contributed by atoms with Crippen molar-refractivity contribution in [1.82, 2.24) is 10.0 Å². The zero-order valence-corrected chi connectivity index (χ0v) is 13.2. The second-order valence-corrected chi connectivity index (χ2v) is 6.42. The van der Waals surface area contributed by atoms with E-state index in [1.165, 1.54) is 13.1 Å². The molecule has 0 aliphatic rings. The molecule has 0 atom stereocenters. The van der Waals surface area contributed by atoms with Gasteiger partial charge in [-0.3, -0.25) is 4.79 Å². The van der Waals surface area contributed by atoms with E-state index in [1.807, 2.05) is 31.2 Å². The minimum Gasteiger partial charge on any atom is -0.497 e. The van der Waals surface area contributed by atoms with Crippen LogP contribution >= 0.6 is 0 Å². The minimum atomic E-state index is -3.30. The number of benzene rings is 1. The highest BCUT2D eigenvalue weighted by Crippen LogP contribution is 2.17. The van der Waals surface area contributed by atoms with E-state index in [9.17, 15) is 13.2 Å². The second-order valence-electron chi connectivity index (χ2n) is 4.37. The Morgan fingerprint density at radius 3 is 2.43 bits per heavy atom. The molecule has 0 saturated carbocycles. The van der Waals surface area contributed by atoms with E-state index in [0.717, 1.165) is 16.9 Å². The first kappa shape index (κ1) is 17.2. The van der Waals surface area contributed by atoms with Crippen molar-refractivity contribution in [3.05, 3.63) is 35.9 Å². The van der Waals surface area contributed by atoms with Gasteiger partial charge in [0.05, 0.1) is 12.9 Å². The highest BCUT2D eigenvalue weighted by atomic mass is 32.2. The summed E-state index contributed by atoms with van der Waals surface area (Å²) in [6, 6.07) is 7.32. The molecule has 1 aromatic rings. The van der Waals surface area contributed by atoms with Gasteiger partial charge < -0.3 is 10.1 Å². The van der Waals surface area contributed by atoms with Crippen LogP contribution in [0.1, 0.15) is 12.5 Å². The van der Waals surface area contributed by atoms with Crippen molar-refractivity contribution in [2.45, 2.75) is 6.92 Å². The van der Waals surface area contributed by atoms with Gasteiger partial charge >= 0.3 is 0 Å². The van der Waals surface area contributed by atoms with Gasteiger partial charge in [-0.25, -0.2) is 13.1 Å². The fourth-order valence-corrected chi connectivity index (χ4v) is 2.17. The summed E-state index contributed by atoms with van der Waals surface area (Å²) >= 11 is 0. The Labute approximate surface area is 125 Å². The number of nitrogens with one attached hydrogen (secondary N) is 2. The molecule has 0 heterocycles. The van der Waals surface area contributed by atoms with Crippen LogP contribution < -0.4 is 14.8 Å². The molecule has 0 saturated heterocycles. The summed E-state index contributed by atoms with van der Waals surface area (Å²) in [5.41, 5.74) is 1.68. The van der Waals surface area contributed by atoms with Gasteiger partial charge in [-0.15, -0.1) is 0 Å². The van der Waals surface area contributed by atoms with Crippen LogP contribution in [0.2, 0.25) is 0 Å². The van der Waals surface area contributed by atoms with E-state index in [0.29, 0.717) is 0 Å². The fourth-order valence-electron chi connectivity index (χ4n) is 1.60. The van der Waals surface area contributed by atoms with Crippen LogP contribution in [0.25, 0.3) is 5.57 Å². The van der Waals surface area contributed by atoms with Crippen LogP contribution in [0.4, 0.5) is 0 Å². The Hall–Kier alpha value is -1.86. The van der Waals surface area contributed by atoms with Gasteiger partial charge in [0.25, 0.3) is 0 Å². The summed E-state index contributed by atoms with van der Waals surface area (Å²) in [6.07, 6.45) is 1.44. The Morgan fingerprint density at radius 1 is 1.29 bits per heavy atom. The number of sulfonamides is 1. The van der Waals surface area contributed by atoms with Crippen LogP contribution in [0, 0.1) is 0 Å². The SMILES string of the molecule is CNS(=O)(=O)CCNC(=O)/C=C(\C)c1ccc(OC)cc1. The van der Waals surface area contributed by atoms with E-state index >= 15 is 0 Å². The number of ether oxygens (including phenoxy) is 1. The monoisotopic (exact) mass is 312 g/mol. The van der Waals surface area contributed by atoms with Crippen molar-refractivity contribution in [3.63, 3.8) is 0 Å². The van der Waals surface area contributed by atoms with Gasteiger partial charge in [0.15, 0.2) is 0 Å². The molecule has 0 fully saturated rings. The molecule has 116 valence electrons. The van der Waals surface area contributed by atoms with Gasteiger partial charge in [-0.2, -0.15) is 0 Å². The lowest BCUT2D eigenvalue weighted by molar-refractivity contribution is -0.116. The Kier molecular flexibility index (Phi) is 6.39. The zero-order chi connectivity index (χ0) is 15.9. The molecule has 0 unspecified atom stereocenters. The third-order valence-electron chi connectivity index (χ3n) is 2.87. The summed E-state index contributed by atoms with van der Waals surface area (Å²) in [4.78, 5) is 11.7. The summed E-state index contributed by atoms with van der Waals surface area (Å²) in [7, 11) is -0.377. The van der Waals surface area contributed by atoms with Crippen molar-refractivity contribution in [1.29, 1.82) is 0 Å². The standard InChI is InChI=1S/C14H20N2O4S/c1-11(12-4-6-13(20-3)7-5-12)10-14(17)16-8-9-21(18,19)15-2/h4-7,10,15H,8-9H2,1-3H3,(H,16,17)/b11-10+. The molecule has 6 nitrogen and oxygen atoms in total. The highest BCUT2D eigenvalue weighted by molar-refractivity contribution is 7.89. The van der Waals surface area contributed by atoms with Crippen LogP contribution in [-0.2, 0) is 14.8 Å². The number of carbonyl (C=O) groups excluding carboxylic acids is 1. The maximum absolute atomic E-state index is 11.7. The molecular weight excluding hydrogens is 292 g/mol. The molecular formula is C14H20N2O4S. The van der Waals surface area contributed by atoms with Gasteiger partial charge in [-0.05, 0) is 37.2 Å². The Bertz CT molecular complexity index is 606. The normalized spacial score (nSPS) is 12.0. The summed E-state index contributed by atoms with van der Waals surface area (Å²) in [6.45, 7) is 1.88. The van der Waals surface area contributed by atoms with Crippen molar-refractivity contribution < 1.29 is 17.9 Å². The Morgan fingerprint density at radius 2 is 1.90 bits per heavy atom. The number of amides is 1. The van der Waals surface area contributed by atoms with Gasteiger partial charge in [0, 0.05) is 12.6 Å². The zero-order valence-electron chi connectivity index (χ0n) is 12.3. The third kappa shape index (κ3) is 5.97. The number of methoxy groups -OCH3 is 1. The summed E-state index contributed by atoms with van der Waals surface area (Å²) in [5, 5.41) is 2.54. The molecule has 1 rings (SSSR count). The highest BCUT2D eigenvalue weighted by Gasteiger charge is 2.07. The van der Waals surface area contributed by atoms with Crippen molar-refractivity contribution in [2.24, 2.45) is 0 Å². The molecule has 2 N–H and O–H groups in total. The van der Waals surface area contributed by atoms with Crippen LogP contribution in [0.15, 0.2) is 30.3 Å². The number of allylic oxidation sites excluding steroid dienone is 1. The molecule has 0 spiro atoms. The number of hydrogen-bond acceptors (Lipinski definition) is 4. The predicted molar refractivity (Wildman–Crippen MR) is 82.5 cm³/mol. The molecule has 0 bridgehead atoms. The van der Waals surface area contributed by atoms with Gasteiger partial charge in [0.1, 0.15) is 5.75 Å². The average molecular weight is 312 g/mol. The summed E-state index contributed by atoms with van der Waals surface area (Å²) < 4.78 is 29.6. The average Bonchev–Trinajstić information content (AvgIpc) is 2.47. The molecule has 1 aromatic carbocycles. The molecule has 0 aromatic heterocycles. The molecule has 0 aliphatic heterocycles. The number of carbonyl (C=O) groups is 1. The van der Waals surface area contributed by atoms with E-state index in [4.69, 9.17) is 4.74 Å². The van der Waals surface area contributed by atoms with Gasteiger partial charge in [-0.1, -0.05) is 12.1 Å². The lowest BCUT2D eigenvalue weighted by atomic mass is 10.1. The smallest absolute Gasteiger partial charge is 0.244 e. The molecule has 7 heteroatoms.